The second-order valence-corrected chi connectivity index (χ2v) is 5.75. The van der Waals surface area contributed by atoms with Crippen LogP contribution in [0.25, 0.3) is 11.0 Å². The lowest BCUT2D eigenvalue weighted by atomic mass is 10.1. The first-order valence-electron chi connectivity index (χ1n) is 8.32. The van der Waals surface area contributed by atoms with Crippen molar-refractivity contribution in [3.05, 3.63) is 18.0 Å². The van der Waals surface area contributed by atoms with Gasteiger partial charge in [0.15, 0.2) is 5.65 Å². The number of amides is 1. The molecule has 8 nitrogen and oxygen atoms in total. The van der Waals surface area contributed by atoms with E-state index in [2.05, 4.69) is 20.7 Å². The molecule has 2 aromatic rings. The number of hydrogen-bond donors (Lipinski definition) is 3. The number of aromatic nitrogens is 3. The van der Waals surface area contributed by atoms with Crippen LogP contribution in [0.1, 0.15) is 30.1 Å². The van der Waals surface area contributed by atoms with E-state index in [0.717, 1.165) is 29.6 Å². The molecule has 0 saturated carbocycles. The molecule has 0 aliphatic carbocycles. The monoisotopic (exact) mass is 333 g/mol. The Kier molecular flexibility index (Phi) is 5.27. The highest BCUT2D eigenvalue weighted by molar-refractivity contribution is 6.06. The van der Waals surface area contributed by atoms with Gasteiger partial charge in [-0.25, -0.2) is 9.67 Å². The van der Waals surface area contributed by atoms with Crippen molar-refractivity contribution >= 4 is 22.6 Å². The van der Waals surface area contributed by atoms with Gasteiger partial charge in [-0.1, -0.05) is 0 Å². The van der Waals surface area contributed by atoms with Crippen molar-refractivity contribution in [1.29, 1.82) is 0 Å². The zero-order valence-electron chi connectivity index (χ0n) is 13.8. The average Bonchev–Trinajstić information content (AvgIpc) is 3.04. The molecule has 1 aliphatic heterocycles. The van der Waals surface area contributed by atoms with Crippen LogP contribution in [0.2, 0.25) is 0 Å². The van der Waals surface area contributed by atoms with E-state index in [1.165, 1.54) is 0 Å². The number of aliphatic hydroxyl groups excluding tert-OH is 1. The normalized spacial score (nSPS) is 15.6. The van der Waals surface area contributed by atoms with Crippen molar-refractivity contribution in [1.82, 2.24) is 20.1 Å². The maximum atomic E-state index is 12.4. The number of fused-ring (bicyclic) bond motifs is 1. The number of pyridine rings is 1. The number of carbonyl (C=O) groups is 1. The summed E-state index contributed by atoms with van der Waals surface area (Å²) >= 11 is 0. The fourth-order valence-electron chi connectivity index (χ4n) is 2.90. The molecule has 24 heavy (non-hydrogen) atoms. The lowest BCUT2D eigenvalue weighted by Crippen LogP contribution is -2.31. The minimum Gasteiger partial charge on any atom is -0.395 e. The lowest BCUT2D eigenvalue weighted by Gasteiger charge is -2.25. The number of nitrogens with zero attached hydrogens (tertiary/aromatic N) is 3. The molecule has 0 unspecified atom stereocenters. The molecule has 1 fully saturated rings. The molecule has 1 saturated heterocycles. The van der Waals surface area contributed by atoms with Crippen molar-refractivity contribution in [2.24, 2.45) is 0 Å². The maximum absolute atomic E-state index is 12.4. The molecule has 8 heteroatoms. The van der Waals surface area contributed by atoms with Gasteiger partial charge < -0.3 is 20.5 Å². The Balaban J connectivity index is 1.98. The summed E-state index contributed by atoms with van der Waals surface area (Å²) in [6.45, 7) is 4.25. The van der Waals surface area contributed by atoms with Crippen molar-refractivity contribution < 1.29 is 14.6 Å². The van der Waals surface area contributed by atoms with E-state index in [9.17, 15) is 4.79 Å². The standard InChI is InChI=1S/C16H23N5O3/c1-2-21-15-12(10-19-21)14(20-11-3-7-24-8-4-11)13(9-18-15)16(23)17-5-6-22/h9-11,22H,2-8H2,1H3,(H,17,23)(H,18,20). The lowest BCUT2D eigenvalue weighted by molar-refractivity contribution is 0.0903. The Hall–Kier alpha value is -2.19. The van der Waals surface area contributed by atoms with Crippen LogP contribution in [-0.4, -0.2) is 58.2 Å². The summed E-state index contributed by atoms with van der Waals surface area (Å²) in [6.07, 6.45) is 5.10. The summed E-state index contributed by atoms with van der Waals surface area (Å²) in [5, 5.41) is 20.3. The van der Waals surface area contributed by atoms with E-state index >= 15 is 0 Å². The predicted molar refractivity (Wildman–Crippen MR) is 90.1 cm³/mol. The molecule has 2 aromatic heterocycles. The van der Waals surface area contributed by atoms with Crippen LogP contribution in [0.3, 0.4) is 0 Å². The van der Waals surface area contributed by atoms with Crippen LogP contribution >= 0.6 is 0 Å². The SMILES string of the molecule is CCn1ncc2c(NC3CCOCC3)c(C(=O)NCCO)cnc21. The van der Waals surface area contributed by atoms with Gasteiger partial charge in [0.05, 0.1) is 29.4 Å². The van der Waals surface area contributed by atoms with Gasteiger partial charge in [0.1, 0.15) is 0 Å². The van der Waals surface area contributed by atoms with Crippen LogP contribution in [0.5, 0.6) is 0 Å². The van der Waals surface area contributed by atoms with Gasteiger partial charge in [-0.2, -0.15) is 5.10 Å². The molecule has 3 heterocycles. The third-order valence-electron chi connectivity index (χ3n) is 4.18. The van der Waals surface area contributed by atoms with Crippen LogP contribution in [-0.2, 0) is 11.3 Å². The number of hydrogen-bond acceptors (Lipinski definition) is 6. The van der Waals surface area contributed by atoms with Gasteiger partial charge in [0, 0.05) is 38.5 Å². The Morgan fingerprint density at radius 3 is 2.92 bits per heavy atom. The van der Waals surface area contributed by atoms with Gasteiger partial charge in [0.25, 0.3) is 5.91 Å². The summed E-state index contributed by atoms with van der Waals surface area (Å²) < 4.78 is 7.21. The van der Waals surface area contributed by atoms with Crippen LogP contribution in [0, 0.1) is 0 Å². The topological polar surface area (TPSA) is 101 Å². The quantitative estimate of drug-likeness (QED) is 0.722. The number of anilines is 1. The number of nitrogens with one attached hydrogen (secondary N) is 2. The highest BCUT2D eigenvalue weighted by Crippen LogP contribution is 2.28. The molecule has 0 aromatic carbocycles. The second kappa shape index (κ2) is 7.59. The molecule has 3 rings (SSSR count). The summed E-state index contributed by atoms with van der Waals surface area (Å²) in [4.78, 5) is 16.8. The van der Waals surface area contributed by atoms with E-state index in [4.69, 9.17) is 9.84 Å². The largest absolute Gasteiger partial charge is 0.395 e. The molecule has 0 bridgehead atoms. The van der Waals surface area contributed by atoms with Crippen LogP contribution in [0.15, 0.2) is 12.4 Å². The fourth-order valence-corrected chi connectivity index (χ4v) is 2.90. The van der Waals surface area contributed by atoms with Gasteiger partial charge in [-0.05, 0) is 19.8 Å². The first-order valence-corrected chi connectivity index (χ1v) is 8.32. The summed E-state index contributed by atoms with van der Waals surface area (Å²) in [6, 6.07) is 0.249. The zero-order chi connectivity index (χ0) is 16.9. The van der Waals surface area contributed by atoms with E-state index in [1.54, 1.807) is 17.1 Å². The smallest absolute Gasteiger partial charge is 0.255 e. The summed E-state index contributed by atoms with van der Waals surface area (Å²) in [5.41, 5.74) is 1.98. The summed E-state index contributed by atoms with van der Waals surface area (Å²) in [5.74, 6) is -0.253. The maximum Gasteiger partial charge on any atom is 0.255 e. The molecule has 130 valence electrons. The van der Waals surface area contributed by atoms with Crippen LogP contribution < -0.4 is 10.6 Å². The number of rotatable bonds is 6. The average molecular weight is 333 g/mol. The third-order valence-corrected chi connectivity index (χ3v) is 4.18. The Morgan fingerprint density at radius 1 is 1.42 bits per heavy atom. The van der Waals surface area contributed by atoms with E-state index in [1.807, 2.05) is 6.92 Å². The second-order valence-electron chi connectivity index (χ2n) is 5.75. The van der Waals surface area contributed by atoms with Gasteiger partial charge >= 0.3 is 0 Å². The van der Waals surface area contributed by atoms with Crippen molar-refractivity contribution in [3.8, 4) is 0 Å². The first kappa shape index (κ1) is 16.7. The van der Waals surface area contributed by atoms with E-state index in [0.29, 0.717) is 25.3 Å². The van der Waals surface area contributed by atoms with Crippen molar-refractivity contribution in [2.75, 3.05) is 31.7 Å². The minimum absolute atomic E-state index is 0.0993. The number of carbonyl (C=O) groups excluding carboxylic acids is 1. The molecule has 1 aliphatic rings. The Labute approximate surface area is 140 Å². The molecule has 3 N–H and O–H groups in total. The summed E-state index contributed by atoms with van der Waals surface area (Å²) in [7, 11) is 0. The zero-order valence-corrected chi connectivity index (χ0v) is 13.8. The molecular weight excluding hydrogens is 310 g/mol. The Morgan fingerprint density at radius 2 is 2.21 bits per heavy atom. The molecule has 0 spiro atoms. The van der Waals surface area contributed by atoms with E-state index in [-0.39, 0.29) is 25.1 Å². The third kappa shape index (κ3) is 3.34. The van der Waals surface area contributed by atoms with Gasteiger partial charge in [-0.15, -0.1) is 0 Å². The van der Waals surface area contributed by atoms with Crippen molar-refractivity contribution in [2.45, 2.75) is 32.4 Å². The van der Waals surface area contributed by atoms with Crippen molar-refractivity contribution in [3.63, 3.8) is 0 Å². The highest BCUT2D eigenvalue weighted by Gasteiger charge is 2.21. The number of aliphatic hydroxyl groups is 1. The molecule has 1 amide bonds. The van der Waals surface area contributed by atoms with Gasteiger partial charge in [0.2, 0.25) is 0 Å². The number of aryl methyl sites for hydroxylation is 1. The molecule has 0 atom stereocenters. The minimum atomic E-state index is -0.253. The fraction of sp³-hybridized carbons (Fsp3) is 0.562. The van der Waals surface area contributed by atoms with Gasteiger partial charge in [-0.3, -0.25) is 4.79 Å². The highest BCUT2D eigenvalue weighted by atomic mass is 16.5. The van der Waals surface area contributed by atoms with Crippen LogP contribution in [0.4, 0.5) is 5.69 Å². The predicted octanol–water partition coefficient (Wildman–Crippen LogP) is 0.764. The number of ether oxygens (including phenoxy) is 1. The molecular formula is C16H23N5O3. The van der Waals surface area contributed by atoms with E-state index < -0.39 is 0 Å². The molecule has 0 radical (unpaired) electrons. The first-order chi connectivity index (χ1) is 11.7. The Bertz CT molecular complexity index is 709.